The highest BCUT2D eigenvalue weighted by atomic mass is 16.3. The lowest BCUT2D eigenvalue weighted by Crippen LogP contribution is -2.16. The van der Waals surface area contributed by atoms with E-state index in [4.69, 9.17) is 10.8 Å². The van der Waals surface area contributed by atoms with Crippen LogP contribution in [0.5, 0.6) is 0 Å². The van der Waals surface area contributed by atoms with E-state index < -0.39 is 0 Å². The highest BCUT2D eigenvalue weighted by Gasteiger charge is 2.11. The molecule has 0 spiro atoms. The molecule has 0 aromatic heterocycles. The Kier molecular flexibility index (Phi) is 2.71. The molecule has 0 amide bonds. The molecule has 0 aliphatic carbocycles. The van der Waals surface area contributed by atoms with E-state index in [2.05, 4.69) is 12.1 Å². The van der Waals surface area contributed by atoms with E-state index >= 15 is 0 Å². The van der Waals surface area contributed by atoms with Crippen LogP contribution >= 0.6 is 0 Å². The predicted octanol–water partition coefficient (Wildman–Crippen LogP) is 2.14. The van der Waals surface area contributed by atoms with E-state index in [0.717, 1.165) is 16.5 Å². The fraction of sp³-hybridized carbons (Fsp3) is 0.231. The number of fused-ring (bicyclic) bond motifs is 1. The van der Waals surface area contributed by atoms with Crippen LogP contribution in [0.4, 0.5) is 0 Å². The zero-order valence-corrected chi connectivity index (χ0v) is 8.77. The summed E-state index contributed by atoms with van der Waals surface area (Å²) in [6, 6.07) is 11.9. The summed E-state index contributed by atoms with van der Waals surface area (Å²) >= 11 is 0. The molecule has 0 radical (unpaired) electrons. The topological polar surface area (TPSA) is 46.2 Å². The second-order valence-electron chi connectivity index (χ2n) is 3.81. The summed E-state index contributed by atoms with van der Waals surface area (Å²) in [4.78, 5) is 0. The summed E-state index contributed by atoms with van der Waals surface area (Å²) in [5.41, 5.74) is 8.10. The van der Waals surface area contributed by atoms with Crippen molar-refractivity contribution in [3.8, 4) is 0 Å². The summed E-state index contributed by atoms with van der Waals surface area (Å²) < 4.78 is 0. The van der Waals surface area contributed by atoms with Gasteiger partial charge in [-0.3, -0.25) is 0 Å². The minimum absolute atomic E-state index is 0.0190. The fourth-order valence-corrected chi connectivity index (χ4v) is 1.99. The number of rotatable bonds is 2. The van der Waals surface area contributed by atoms with Gasteiger partial charge in [0, 0.05) is 0 Å². The molecule has 78 valence electrons. The van der Waals surface area contributed by atoms with Gasteiger partial charge in [0.1, 0.15) is 0 Å². The van der Waals surface area contributed by atoms with Crippen LogP contribution in [0.2, 0.25) is 0 Å². The van der Waals surface area contributed by atoms with Crippen molar-refractivity contribution in [2.75, 3.05) is 6.61 Å². The average Bonchev–Trinajstić information content (AvgIpc) is 2.28. The molecule has 2 aromatic rings. The molecule has 2 heteroatoms. The lowest BCUT2D eigenvalue weighted by atomic mass is 9.95. The fourth-order valence-electron chi connectivity index (χ4n) is 1.99. The Morgan fingerprint density at radius 2 is 1.93 bits per heavy atom. The van der Waals surface area contributed by atoms with Crippen LogP contribution in [0.3, 0.4) is 0 Å². The molecule has 0 aliphatic rings. The van der Waals surface area contributed by atoms with Crippen LogP contribution in [-0.4, -0.2) is 11.7 Å². The molecule has 2 rings (SSSR count). The highest BCUT2D eigenvalue weighted by molar-refractivity contribution is 5.87. The smallest absolute Gasteiger partial charge is 0.0624 e. The maximum Gasteiger partial charge on any atom is 0.0624 e. The van der Waals surface area contributed by atoms with Gasteiger partial charge in [-0.05, 0) is 28.8 Å². The Bertz CT molecular complexity index is 479. The summed E-state index contributed by atoms with van der Waals surface area (Å²) in [7, 11) is 0. The van der Waals surface area contributed by atoms with Gasteiger partial charge in [-0.1, -0.05) is 36.4 Å². The van der Waals surface area contributed by atoms with E-state index in [1.165, 1.54) is 5.39 Å². The van der Waals surface area contributed by atoms with Crippen molar-refractivity contribution in [2.24, 2.45) is 5.73 Å². The number of aryl methyl sites for hydroxylation is 1. The third kappa shape index (κ3) is 1.74. The van der Waals surface area contributed by atoms with E-state index in [9.17, 15) is 0 Å². The Hall–Kier alpha value is -1.38. The van der Waals surface area contributed by atoms with Gasteiger partial charge >= 0.3 is 0 Å². The van der Waals surface area contributed by atoms with Crippen molar-refractivity contribution in [3.05, 3.63) is 47.5 Å². The van der Waals surface area contributed by atoms with Crippen molar-refractivity contribution in [3.63, 3.8) is 0 Å². The standard InChI is InChI=1S/C13H15NO/c1-9-6-7-10-4-2-3-5-11(10)13(9)12(14)8-15/h2-7,12,15H,8,14H2,1H3/t12-/m0/s1. The molecule has 0 aliphatic heterocycles. The molecule has 15 heavy (non-hydrogen) atoms. The minimum atomic E-state index is -0.295. The number of nitrogens with two attached hydrogens (primary N) is 1. The van der Waals surface area contributed by atoms with Gasteiger partial charge in [0.25, 0.3) is 0 Å². The first-order valence-electron chi connectivity index (χ1n) is 5.08. The van der Waals surface area contributed by atoms with Gasteiger partial charge in [-0.25, -0.2) is 0 Å². The third-order valence-electron chi connectivity index (χ3n) is 2.76. The van der Waals surface area contributed by atoms with E-state index in [-0.39, 0.29) is 12.6 Å². The second-order valence-corrected chi connectivity index (χ2v) is 3.81. The maximum atomic E-state index is 9.15. The van der Waals surface area contributed by atoms with Crippen molar-refractivity contribution >= 4 is 10.8 Å². The van der Waals surface area contributed by atoms with Crippen molar-refractivity contribution in [2.45, 2.75) is 13.0 Å². The molecule has 0 heterocycles. The van der Waals surface area contributed by atoms with Crippen molar-refractivity contribution < 1.29 is 5.11 Å². The normalized spacial score (nSPS) is 13.0. The molecule has 3 N–H and O–H groups in total. The number of aliphatic hydroxyl groups excluding tert-OH is 1. The molecule has 2 nitrogen and oxygen atoms in total. The number of benzene rings is 2. The van der Waals surface area contributed by atoms with Crippen molar-refractivity contribution in [1.82, 2.24) is 0 Å². The van der Waals surface area contributed by atoms with Crippen LogP contribution in [-0.2, 0) is 0 Å². The van der Waals surface area contributed by atoms with Gasteiger partial charge in [-0.2, -0.15) is 0 Å². The van der Waals surface area contributed by atoms with E-state index in [1.54, 1.807) is 0 Å². The molecule has 2 aromatic carbocycles. The van der Waals surface area contributed by atoms with Gasteiger partial charge in [0.2, 0.25) is 0 Å². The molecule has 0 bridgehead atoms. The van der Waals surface area contributed by atoms with Gasteiger partial charge in [0.15, 0.2) is 0 Å². The molecular weight excluding hydrogens is 186 g/mol. The van der Waals surface area contributed by atoms with Crippen LogP contribution in [0.1, 0.15) is 17.2 Å². The van der Waals surface area contributed by atoms with Crippen LogP contribution < -0.4 is 5.73 Å². The first-order valence-corrected chi connectivity index (χ1v) is 5.08. The molecule has 0 unspecified atom stereocenters. The molecule has 1 atom stereocenters. The van der Waals surface area contributed by atoms with Crippen molar-refractivity contribution in [1.29, 1.82) is 0 Å². The maximum absolute atomic E-state index is 9.15. The zero-order chi connectivity index (χ0) is 10.8. The largest absolute Gasteiger partial charge is 0.394 e. The monoisotopic (exact) mass is 201 g/mol. The molecule has 0 saturated heterocycles. The van der Waals surface area contributed by atoms with Crippen LogP contribution in [0.15, 0.2) is 36.4 Å². The van der Waals surface area contributed by atoms with Gasteiger partial charge in [0.05, 0.1) is 12.6 Å². The zero-order valence-electron chi connectivity index (χ0n) is 8.77. The summed E-state index contributed by atoms with van der Waals surface area (Å²) in [6.45, 7) is 2.01. The van der Waals surface area contributed by atoms with Gasteiger partial charge in [-0.15, -0.1) is 0 Å². The SMILES string of the molecule is Cc1ccc2ccccc2c1[C@@H](N)CO. The average molecular weight is 201 g/mol. The Morgan fingerprint density at radius 1 is 1.20 bits per heavy atom. The first kappa shape index (κ1) is 10.1. The Morgan fingerprint density at radius 3 is 2.67 bits per heavy atom. The second kappa shape index (κ2) is 4.01. The minimum Gasteiger partial charge on any atom is -0.394 e. The quantitative estimate of drug-likeness (QED) is 0.782. The molecule has 0 saturated carbocycles. The Labute approximate surface area is 89.3 Å². The van der Waals surface area contributed by atoms with Gasteiger partial charge < -0.3 is 10.8 Å². The summed E-state index contributed by atoms with van der Waals surface area (Å²) in [6.07, 6.45) is 0. The highest BCUT2D eigenvalue weighted by Crippen LogP contribution is 2.26. The lowest BCUT2D eigenvalue weighted by molar-refractivity contribution is 0.268. The molecule has 0 fully saturated rings. The number of hydrogen-bond acceptors (Lipinski definition) is 2. The third-order valence-corrected chi connectivity index (χ3v) is 2.76. The van der Waals surface area contributed by atoms with Crippen LogP contribution in [0.25, 0.3) is 10.8 Å². The van der Waals surface area contributed by atoms with E-state index in [1.807, 2.05) is 31.2 Å². The number of aliphatic hydroxyl groups is 1. The summed E-state index contributed by atoms with van der Waals surface area (Å²) in [5.74, 6) is 0. The molecular formula is C13H15NO. The lowest BCUT2D eigenvalue weighted by Gasteiger charge is -2.15. The van der Waals surface area contributed by atoms with Crippen LogP contribution in [0, 0.1) is 6.92 Å². The van der Waals surface area contributed by atoms with E-state index in [0.29, 0.717) is 0 Å². The number of hydrogen-bond donors (Lipinski definition) is 2. The predicted molar refractivity (Wildman–Crippen MR) is 62.7 cm³/mol. The first-order chi connectivity index (χ1) is 7.24. The Balaban J connectivity index is 2.74. The summed E-state index contributed by atoms with van der Waals surface area (Å²) in [5, 5.41) is 11.5.